The summed E-state index contributed by atoms with van der Waals surface area (Å²) in [6.45, 7) is -0.387. The number of hydrogen-bond donors (Lipinski definition) is 2. The number of urea groups is 1. The predicted octanol–water partition coefficient (Wildman–Crippen LogP) is 3.06. The molecule has 1 saturated heterocycles. The topological polar surface area (TPSA) is 113 Å². The fraction of sp³-hybridized carbons (Fsp3) is 0.318. The van der Waals surface area contributed by atoms with E-state index in [1.807, 2.05) is 17.5 Å². The summed E-state index contributed by atoms with van der Waals surface area (Å²) in [4.78, 5) is 55.9. The van der Waals surface area contributed by atoms with Crippen molar-refractivity contribution in [3.05, 3.63) is 51.3 Å². The lowest BCUT2D eigenvalue weighted by atomic mass is 9.82. The number of carbonyl (C=O) groups excluding carboxylic acids is 3. The summed E-state index contributed by atoms with van der Waals surface area (Å²) in [7, 11) is 0. The lowest BCUT2D eigenvalue weighted by Gasteiger charge is -2.30. The monoisotopic (exact) mass is 485 g/mol. The second-order valence-corrected chi connectivity index (χ2v) is 9.56. The normalized spacial score (nSPS) is 17.5. The smallest absolute Gasteiger partial charge is 0.322 e. The van der Waals surface area contributed by atoms with Crippen molar-refractivity contribution >= 4 is 51.0 Å². The second-order valence-electron chi connectivity index (χ2n) is 8.26. The van der Waals surface area contributed by atoms with Crippen molar-refractivity contribution in [1.82, 2.24) is 25.3 Å². The number of carbonyl (C=O) groups is 3. The third-order valence-electron chi connectivity index (χ3n) is 6.14. The van der Waals surface area contributed by atoms with Gasteiger partial charge in [0, 0.05) is 16.0 Å². The van der Waals surface area contributed by atoms with Gasteiger partial charge in [0.2, 0.25) is 0 Å². The highest BCUT2D eigenvalue weighted by atomic mass is 35.5. The Hall–Kier alpha value is -3.24. The molecule has 11 heteroatoms. The highest BCUT2D eigenvalue weighted by Crippen LogP contribution is 2.33. The Balaban J connectivity index is 1.38. The van der Waals surface area contributed by atoms with Crippen molar-refractivity contribution in [1.29, 1.82) is 0 Å². The van der Waals surface area contributed by atoms with E-state index in [9.17, 15) is 19.2 Å². The molecule has 1 spiro atoms. The van der Waals surface area contributed by atoms with E-state index in [2.05, 4.69) is 15.7 Å². The van der Waals surface area contributed by atoms with Crippen LogP contribution >= 0.6 is 22.9 Å². The first-order chi connectivity index (χ1) is 15.9. The maximum Gasteiger partial charge on any atom is 0.344 e. The molecule has 170 valence electrons. The summed E-state index contributed by atoms with van der Waals surface area (Å²) in [5.41, 5.74) is 2.54. The fourth-order valence-corrected chi connectivity index (χ4v) is 5.49. The Labute approximate surface area is 197 Å². The summed E-state index contributed by atoms with van der Waals surface area (Å²) in [5.74, 6) is -1.12. The molecule has 3 aromatic rings. The van der Waals surface area contributed by atoms with E-state index in [0.29, 0.717) is 33.6 Å². The number of rotatable bonds is 4. The van der Waals surface area contributed by atoms with Crippen LogP contribution in [0.4, 0.5) is 4.79 Å². The molecule has 33 heavy (non-hydrogen) atoms. The van der Waals surface area contributed by atoms with Gasteiger partial charge in [0.1, 0.15) is 16.9 Å². The average molecular weight is 486 g/mol. The van der Waals surface area contributed by atoms with Crippen molar-refractivity contribution < 1.29 is 14.4 Å². The van der Waals surface area contributed by atoms with Gasteiger partial charge in [0.05, 0.1) is 11.7 Å². The molecule has 0 radical (unpaired) electrons. The lowest BCUT2D eigenvalue weighted by molar-refractivity contribution is -0.140. The number of nitrogens with zero attached hydrogens (tertiary/aromatic N) is 3. The molecule has 1 saturated carbocycles. The van der Waals surface area contributed by atoms with Crippen LogP contribution in [-0.2, 0) is 16.1 Å². The molecule has 9 nitrogen and oxygen atoms in total. The Morgan fingerprint density at radius 2 is 1.88 bits per heavy atom. The Kier molecular flexibility index (Phi) is 5.41. The number of imide groups is 1. The summed E-state index contributed by atoms with van der Waals surface area (Å²) in [5, 5.41) is 6.28. The molecule has 0 atom stereocenters. The third kappa shape index (κ3) is 3.79. The Morgan fingerprint density at radius 1 is 1.15 bits per heavy atom. The van der Waals surface area contributed by atoms with E-state index in [0.717, 1.165) is 29.8 Å². The van der Waals surface area contributed by atoms with Crippen LogP contribution in [0.5, 0.6) is 0 Å². The molecule has 2 aliphatic rings. The van der Waals surface area contributed by atoms with Crippen LogP contribution in [0.1, 0.15) is 32.1 Å². The minimum atomic E-state index is -0.940. The van der Waals surface area contributed by atoms with Gasteiger partial charge < -0.3 is 5.32 Å². The summed E-state index contributed by atoms with van der Waals surface area (Å²) >= 11 is 7.30. The number of halogens is 1. The molecular weight excluding hydrogens is 466 g/mol. The van der Waals surface area contributed by atoms with Gasteiger partial charge >= 0.3 is 6.03 Å². The number of hydrazine groups is 1. The number of nitrogens with one attached hydrogen (secondary N) is 2. The molecule has 1 aromatic carbocycles. The molecular formula is C22H20ClN5O4S. The minimum Gasteiger partial charge on any atom is -0.322 e. The van der Waals surface area contributed by atoms with E-state index < -0.39 is 23.4 Å². The van der Waals surface area contributed by atoms with Crippen molar-refractivity contribution in [2.45, 2.75) is 44.2 Å². The van der Waals surface area contributed by atoms with Gasteiger partial charge in [0.15, 0.2) is 0 Å². The molecule has 1 aliphatic carbocycles. The molecule has 5 rings (SSSR count). The van der Waals surface area contributed by atoms with Crippen molar-refractivity contribution in [3.8, 4) is 11.1 Å². The number of fused-ring (bicyclic) bond motifs is 1. The maximum absolute atomic E-state index is 13.2. The van der Waals surface area contributed by atoms with Gasteiger partial charge in [-0.2, -0.15) is 5.01 Å². The molecule has 3 heterocycles. The largest absolute Gasteiger partial charge is 0.344 e. The van der Waals surface area contributed by atoms with Crippen LogP contribution in [0.3, 0.4) is 0 Å². The number of amides is 4. The zero-order valence-corrected chi connectivity index (χ0v) is 19.0. The van der Waals surface area contributed by atoms with Gasteiger partial charge in [-0.15, -0.1) is 11.3 Å². The van der Waals surface area contributed by atoms with E-state index >= 15 is 0 Å². The van der Waals surface area contributed by atoms with E-state index in [4.69, 9.17) is 11.6 Å². The molecule has 0 unspecified atom stereocenters. The minimum absolute atomic E-state index is 0.387. The Bertz CT molecular complexity index is 1330. The lowest BCUT2D eigenvalue weighted by Crippen LogP contribution is -2.51. The number of thiophene rings is 1. The molecule has 2 fully saturated rings. The summed E-state index contributed by atoms with van der Waals surface area (Å²) < 4.78 is 1.17. The first-order valence-electron chi connectivity index (χ1n) is 10.6. The highest BCUT2D eigenvalue weighted by Gasteiger charge is 2.52. The van der Waals surface area contributed by atoms with Crippen LogP contribution < -0.4 is 16.3 Å². The van der Waals surface area contributed by atoms with Crippen molar-refractivity contribution in [2.75, 3.05) is 0 Å². The van der Waals surface area contributed by atoms with Gasteiger partial charge in [-0.3, -0.25) is 24.4 Å². The standard InChI is InChI=1S/C22H20ClN5O4S/c23-14-6-4-13(5-7-14)15-11-33-18-17(15)19(30)27(12-24-18)10-16(29)26-28-20(31)22(25-21(28)32)8-2-1-3-9-22/h4-7,11-12H,1-3,8-10H2,(H,25,32)(H,26,29). The zero-order valence-electron chi connectivity index (χ0n) is 17.5. The number of aromatic nitrogens is 2. The third-order valence-corrected chi connectivity index (χ3v) is 7.27. The highest BCUT2D eigenvalue weighted by molar-refractivity contribution is 7.17. The first kappa shape index (κ1) is 21.6. The van der Waals surface area contributed by atoms with E-state index in [-0.39, 0.29) is 12.1 Å². The molecule has 2 aromatic heterocycles. The molecule has 1 aliphatic heterocycles. The fourth-order valence-electron chi connectivity index (χ4n) is 4.45. The second kappa shape index (κ2) is 8.27. The maximum atomic E-state index is 13.2. The van der Waals surface area contributed by atoms with Gasteiger partial charge in [-0.1, -0.05) is 43.0 Å². The van der Waals surface area contributed by atoms with Crippen LogP contribution in [0.15, 0.2) is 40.8 Å². The number of hydrogen-bond acceptors (Lipinski definition) is 6. The van der Waals surface area contributed by atoms with E-state index in [1.54, 1.807) is 12.1 Å². The average Bonchev–Trinajstić information content (AvgIpc) is 3.33. The molecule has 4 amide bonds. The van der Waals surface area contributed by atoms with Gasteiger partial charge in [0.25, 0.3) is 17.4 Å². The van der Waals surface area contributed by atoms with E-state index in [1.165, 1.54) is 22.2 Å². The number of benzene rings is 1. The first-order valence-corrected chi connectivity index (χ1v) is 11.8. The van der Waals surface area contributed by atoms with Crippen LogP contribution in [0.2, 0.25) is 5.02 Å². The SMILES string of the molecule is O=C(Cn1cnc2scc(-c3ccc(Cl)cc3)c2c1=O)NN1C(=O)NC2(CCCCC2)C1=O. The van der Waals surface area contributed by atoms with Crippen molar-refractivity contribution in [2.24, 2.45) is 0 Å². The van der Waals surface area contributed by atoms with Gasteiger partial charge in [-0.25, -0.2) is 9.78 Å². The Morgan fingerprint density at radius 3 is 2.61 bits per heavy atom. The summed E-state index contributed by atoms with van der Waals surface area (Å²) in [6, 6.07) is 6.44. The zero-order chi connectivity index (χ0) is 23.2. The van der Waals surface area contributed by atoms with Crippen molar-refractivity contribution in [3.63, 3.8) is 0 Å². The van der Waals surface area contributed by atoms with Crippen LogP contribution in [0.25, 0.3) is 21.3 Å². The van der Waals surface area contributed by atoms with Gasteiger partial charge in [-0.05, 0) is 30.5 Å². The molecule has 2 N–H and O–H groups in total. The summed E-state index contributed by atoms with van der Waals surface area (Å²) in [6.07, 6.45) is 5.08. The van der Waals surface area contributed by atoms with Crippen LogP contribution in [-0.4, -0.2) is 37.9 Å². The van der Waals surface area contributed by atoms with Crippen LogP contribution in [0, 0.1) is 0 Å². The predicted molar refractivity (Wildman–Crippen MR) is 124 cm³/mol. The quantitative estimate of drug-likeness (QED) is 0.551. The molecule has 0 bridgehead atoms.